The molecule has 1 fully saturated rings. The highest BCUT2D eigenvalue weighted by Crippen LogP contribution is 2.35. The number of rotatable bonds is 3. The zero-order valence-corrected chi connectivity index (χ0v) is 15.2. The Balaban J connectivity index is 1.47. The van der Waals surface area contributed by atoms with Gasteiger partial charge in [0.2, 0.25) is 11.8 Å². The number of carbonyl (C=O) groups is 3. The molecule has 2 aliphatic rings. The van der Waals surface area contributed by atoms with E-state index in [2.05, 4.69) is 17.4 Å². The van der Waals surface area contributed by atoms with Gasteiger partial charge in [-0.3, -0.25) is 19.3 Å². The Bertz CT molecular complexity index is 1140. The standard InChI is InChI=1S/C23H18N2O3/c26-20-11-12-21(27)25(20)17-5-1-4-16(13-17)23(28)24-19-10-9-15-8-7-14-3-2-6-18(19)22(14)15/h1-6,9-10,13H,7-8,11-12H2,(H,24,28). The van der Waals surface area contributed by atoms with Crippen molar-refractivity contribution in [2.24, 2.45) is 0 Å². The van der Waals surface area contributed by atoms with Gasteiger partial charge >= 0.3 is 0 Å². The smallest absolute Gasteiger partial charge is 0.255 e. The fraction of sp³-hybridized carbons (Fsp3) is 0.174. The Labute approximate surface area is 162 Å². The van der Waals surface area contributed by atoms with Crippen LogP contribution in [0.1, 0.15) is 34.3 Å². The van der Waals surface area contributed by atoms with E-state index in [0.717, 1.165) is 28.8 Å². The molecule has 0 aromatic heterocycles. The van der Waals surface area contributed by atoms with Gasteiger partial charge in [0, 0.05) is 29.5 Å². The second-order valence-corrected chi connectivity index (χ2v) is 7.24. The van der Waals surface area contributed by atoms with Crippen LogP contribution >= 0.6 is 0 Å². The summed E-state index contributed by atoms with van der Waals surface area (Å²) in [6.45, 7) is 0. The van der Waals surface area contributed by atoms with Crippen molar-refractivity contribution < 1.29 is 14.4 Å². The lowest BCUT2D eigenvalue weighted by molar-refractivity contribution is -0.121. The van der Waals surface area contributed by atoms with Gasteiger partial charge in [-0.2, -0.15) is 0 Å². The maximum Gasteiger partial charge on any atom is 0.255 e. The monoisotopic (exact) mass is 370 g/mol. The molecule has 1 heterocycles. The van der Waals surface area contributed by atoms with Crippen molar-refractivity contribution in [3.8, 4) is 0 Å². The molecule has 1 N–H and O–H groups in total. The van der Waals surface area contributed by atoms with Crippen LogP contribution in [0.3, 0.4) is 0 Å². The second kappa shape index (κ2) is 6.30. The van der Waals surface area contributed by atoms with E-state index in [-0.39, 0.29) is 30.6 Å². The minimum atomic E-state index is -0.264. The van der Waals surface area contributed by atoms with Crippen molar-refractivity contribution in [2.45, 2.75) is 25.7 Å². The minimum absolute atomic E-state index is 0.218. The predicted molar refractivity (Wildman–Crippen MR) is 107 cm³/mol. The molecule has 3 amide bonds. The zero-order chi connectivity index (χ0) is 19.3. The number of imide groups is 1. The third kappa shape index (κ3) is 2.59. The molecule has 5 rings (SSSR count). The average Bonchev–Trinajstić information content (AvgIpc) is 3.28. The molecule has 0 saturated carbocycles. The van der Waals surface area contributed by atoms with Crippen LogP contribution in [-0.4, -0.2) is 17.7 Å². The summed E-state index contributed by atoms with van der Waals surface area (Å²) in [6.07, 6.45) is 2.50. The van der Waals surface area contributed by atoms with E-state index < -0.39 is 0 Å². The molecule has 3 aromatic rings. The summed E-state index contributed by atoms with van der Waals surface area (Å²) >= 11 is 0. The van der Waals surface area contributed by atoms with Gasteiger partial charge in [-0.15, -0.1) is 0 Å². The van der Waals surface area contributed by atoms with Gasteiger partial charge in [0.15, 0.2) is 0 Å². The van der Waals surface area contributed by atoms with Crippen LogP contribution in [0.15, 0.2) is 54.6 Å². The summed E-state index contributed by atoms with van der Waals surface area (Å²) < 4.78 is 0. The maximum absolute atomic E-state index is 12.9. The van der Waals surface area contributed by atoms with E-state index in [4.69, 9.17) is 0 Å². The molecule has 1 saturated heterocycles. The average molecular weight is 370 g/mol. The van der Waals surface area contributed by atoms with Crippen LogP contribution in [0.5, 0.6) is 0 Å². The highest BCUT2D eigenvalue weighted by molar-refractivity contribution is 6.20. The quantitative estimate of drug-likeness (QED) is 0.712. The highest BCUT2D eigenvalue weighted by atomic mass is 16.2. The van der Waals surface area contributed by atoms with Gasteiger partial charge in [0.05, 0.1) is 5.69 Å². The lowest BCUT2D eigenvalue weighted by atomic mass is 10.0. The molecule has 3 aromatic carbocycles. The molecule has 138 valence electrons. The lowest BCUT2D eigenvalue weighted by Crippen LogP contribution is -2.28. The Kier molecular flexibility index (Phi) is 3.76. The molecule has 5 heteroatoms. The molecule has 5 nitrogen and oxygen atoms in total. The van der Waals surface area contributed by atoms with Crippen molar-refractivity contribution in [1.82, 2.24) is 0 Å². The predicted octanol–water partition coefficient (Wildman–Crippen LogP) is 3.84. The van der Waals surface area contributed by atoms with Crippen molar-refractivity contribution >= 4 is 39.9 Å². The van der Waals surface area contributed by atoms with Crippen molar-refractivity contribution in [2.75, 3.05) is 10.2 Å². The number of carbonyl (C=O) groups excluding carboxylic acids is 3. The van der Waals surface area contributed by atoms with Gasteiger partial charge < -0.3 is 5.32 Å². The number of nitrogens with one attached hydrogen (secondary N) is 1. The van der Waals surface area contributed by atoms with Crippen LogP contribution in [0.25, 0.3) is 10.8 Å². The lowest BCUT2D eigenvalue weighted by Gasteiger charge is -2.15. The zero-order valence-electron chi connectivity index (χ0n) is 15.2. The molecule has 0 unspecified atom stereocenters. The number of aryl methyl sites for hydroxylation is 2. The topological polar surface area (TPSA) is 66.5 Å². The van der Waals surface area contributed by atoms with Crippen LogP contribution in [0.2, 0.25) is 0 Å². The van der Waals surface area contributed by atoms with Crippen LogP contribution < -0.4 is 10.2 Å². The number of benzene rings is 3. The van der Waals surface area contributed by atoms with E-state index in [1.165, 1.54) is 16.5 Å². The number of hydrogen-bond acceptors (Lipinski definition) is 3. The Morgan fingerprint density at radius 3 is 2.32 bits per heavy atom. The number of anilines is 2. The molecule has 1 aliphatic carbocycles. The van der Waals surface area contributed by atoms with E-state index >= 15 is 0 Å². The first kappa shape index (κ1) is 16.7. The Morgan fingerprint density at radius 1 is 0.821 bits per heavy atom. The first-order valence-corrected chi connectivity index (χ1v) is 9.42. The van der Waals surface area contributed by atoms with Gasteiger partial charge in [0.1, 0.15) is 0 Å². The van der Waals surface area contributed by atoms with Crippen LogP contribution in [-0.2, 0) is 22.4 Å². The highest BCUT2D eigenvalue weighted by Gasteiger charge is 2.30. The van der Waals surface area contributed by atoms with Gasteiger partial charge in [-0.05, 0) is 53.6 Å². The Hall–Kier alpha value is -3.47. The number of hydrogen-bond donors (Lipinski definition) is 1. The number of amides is 3. The van der Waals surface area contributed by atoms with Crippen molar-refractivity contribution in [3.63, 3.8) is 0 Å². The molecular weight excluding hydrogens is 352 g/mol. The maximum atomic E-state index is 12.9. The van der Waals surface area contributed by atoms with Gasteiger partial charge in [-0.1, -0.05) is 30.3 Å². The minimum Gasteiger partial charge on any atom is -0.321 e. The van der Waals surface area contributed by atoms with Crippen molar-refractivity contribution in [1.29, 1.82) is 0 Å². The van der Waals surface area contributed by atoms with Gasteiger partial charge in [-0.25, -0.2) is 0 Å². The second-order valence-electron chi connectivity index (χ2n) is 7.24. The van der Waals surface area contributed by atoms with E-state index in [0.29, 0.717) is 11.3 Å². The summed E-state index contributed by atoms with van der Waals surface area (Å²) in [5.74, 6) is -0.718. The summed E-state index contributed by atoms with van der Waals surface area (Å²) in [5, 5.41) is 5.28. The molecule has 0 atom stereocenters. The largest absolute Gasteiger partial charge is 0.321 e. The van der Waals surface area contributed by atoms with E-state index in [1.54, 1.807) is 24.3 Å². The summed E-state index contributed by atoms with van der Waals surface area (Å²) in [7, 11) is 0. The van der Waals surface area contributed by atoms with E-state index in [9.17, 15) is 14.4 Å². The summed E-state index contributed by atoms with van der Waals surface area (Å²) in [4.78, 5) is 38.0. The Morgan fingerprint density at radius 2 is 1.54 bits per heavy atom. The molecular formula is C23H18N2O3. The molecule has 0 spiro atoms. The first-order chi connectivity index (χ1) is 13.6. The molecule has 0 radical (unpaired) electrons. The van der Waals surface area contributed by atoms with Gasteiger partial charge in [0.25, 0.3) is 5.91 Å². The first-order valence-electron chi connectivity index (χ1n) is 9.42. The third-order valence-electron chi connectivity index (χ3n) is 5.54. The third-order valence-corrected chi connectivity index (χ3v) is 5.54. The number of nitrogens with zero attached hydrogens (tertiary/aromatic N) is 1. The van der Waals surface area contributed by atoms with Crippen LogP contribution in [0, 0.1) is 0 Å². The molecule has 1 aliphatic heterocycles. The summed E-state index contributed by atoms with van der Waals surface area (Å²) in [6, 6.07) is 16.9. The van der Waals surface area contributed by atoms with Crippen LogP contribution in [0.4, 0.5) is 11.4 Å². The van der Waals surface area contributed by atoms with Crippen molar-refractivity contribution in [3.05, 3.63) is 71.3 Å². The normalized spacial score (nSPS) is 15.5. The fourth-order valence-corrected chi connectivity index (χ4v) is 4.20. The summed E-state index contributed by atoms with van der Waals surface area (Å²) in [5.41, 5.74) is 4.26. The SMILES string of the molecule is O=C(Nc1ccc2c3c(cccc13)CC2)c1cccc(N2C(=O)CCC2=O)c1. The molecule has 0 bridgehead atoms. The van der Waals surface area contributed by atoms with E-state index in [1.807, 2.05) is 18.2 Å². The fourth-order valence-electron chi connectivity index (χ4n) is 4.20. The molecule has 28 heavy (non-hydrogen) atoms.